The van der Waals surface area contributed by atoms with E-state index in [1.807, 2.05) is 0 Å². The molecule has 1 rings (SSSR count). The summed E-state index contributed by atoms with van der Waals surface area (Å²) in [6, 6.07) is 3.38. The van der Waals surface area contributed by atoms with Crippen LogP contribution in [0.25, 0.3) is 0 Å². The number of aliphatic hydroxyl groups excluding tert-OH is 1. The summed E-state index contributed by atoms with van der Waals surface area (Å²) in [5, 5.41) is 17.9. The highest BCUT2D eigenvalue weighted by atomic mass is 19.3. The quantitative estimate of drug-likeness (QED) is 0.845. The Hall–Kier alpha value is -1.82. The Labute approximate surface area is 102 Å². The molecule has 0 spiro atoms. The van der Waals surface area contributed by atoms with Gasteiger partial charge in [-0.3, -0.25) is 4.79 Å². The van der Waals surface area contributed by atoms with Crippen LogP contribution in [0.4, 0.5) is 8.78 Å². The van der Waals surface area contributed by atoms with Crippen molar-refractivity contribution in [1.29, 1.82) is 0 Å². The number of carbonyl (C=O) groups is 2. The molecule has 2 N–H and O–H groups in total. The Bertz CT molecular complexity index is 471. The smallest absolute Gasteiger partial charge is 0.337 e. The van der Waals surface area contributed by atoms with Crippen molar-refractivity contribution in [3.8, 4) is 0 Å². The van der Waals surface area contributed by atoms with Crippen LogP contribution in [0.2, 0.25) is 0 Å². The number of carboxylic acids is 1. The molecule has 0 amide bonds. The molecular weight excluding hydrogens is 246 g/mol. The number of carboxylic acid groups (broad SMARTS) is 1. The van der Waals surface area contributed by atoms with Gasteiger partial charge in [-0.2, -0.15) is 0 Å². The molecule has 0 aliphatic carbocycles. The van der Waals surface area contributed by atoms with E-state index in [0.717, 1.165) is 6.07 Å². The van der Waals surface area contributed by atoms with E-state index in [1.54, 1.807) is 0 Å². The molecule has 0 bridgehead atoms. The van der Waals surface area contributed by atoms with Gasteiger partial charge in [-0.15, -0.1) is 0 Å². The summed E-state index contributed by atoms with van der Waals surface area (Å²) in [5.74, 6) is -1.79. The molecule has 1 aromatic rings. The molecule has 0 aromatic heterocycles. The van der Waals surface area contributed by atoms with E-state index in [0.29, 0.717) is 0 Å². The van der Waals surface area contributed by atoms with Crippen molar-refractivity contribution in [2.75, 3.05) is 0 Å². The van der Waals surface area contributed by atoms with Crippen LogP contribution in [0.3, 0.4) is 0 Å². The van der Waals surface area contributed by atoms with Crippen molar-refractivity contribution in [2.24, 2.45) is 0 Å². The van der Waals surface area contributed by atoms with Crippen molar-refractivity contribution in [3.63, 3.8) is 0 Å². The zero-order valence-corrected chi connectivity index (χ0v) is 9.56. The summed E-state index contributed by atoms with van der Waals surface area (Å²) in [4.78, 5) is 21.5. The molecule has 1 unspecified atom stereocenters. The highest BCUT2D eigenvalue weighted by Gasteiger charge is 2.20. The van der Waals surface area contributed by atoms with Gasteiger partial charge in [-0.05, 0) is 24.1 Å². The second-order valence-electron chi connectivity index (χ2n) is 3.88. The number of aliphatic carboxylic acids is 1. The maximum atomic E-state index is 12.8. The lowest BCUT2D eigenvalue weighted by Crippen LogP contribution is -2.12. The number of rotatable bonds is 5. The molecule has 0 fully saturated rings. The van der Waals surface area contributed by atoms with Crippen LogP contribution in [0.15, 0.2) is 18.2 Å². The van der Waals surface area contributed by atoms with E-state index in [1.165, 1.54) is 19.1 Å². The first kappa shape index (κ1) is 14.2. The number of ketones is 1. The van der Waals surface area contributed by atoms with Crippen LogP contribution in [-0.2, 0) is 16.0 Å². The average molecular weight is 258 g/mol. The SMILES string of the molecule is CC(=O)Cc1ccc(C(O)C(=O)O)cc1C(F)F. The molecule has 4 nitrogen and oxygen atoms in total. The number of aliphatic hydroxyl groups is 1. The van der Waals surface area contributed by atoms with Crippen LogP contribution in [0, 0.1) is 0 Å². The Kier molecular flexibility index (Phi) is 4.49. The maximum absolute atomic E-state index is 12.8. The zero-order valence-electron chi connectivity index (χ0n) is 9.56. The van der Waals surface area contributed by atoms with Crippen LogP contribution < -0.4 is 0 Å². The van der Waals surface area contributed by atoms with E-state index in [9.17, 15) is 23.5 Å². The normalized spacial score (nSPS) is 12.5. The summed E-state index contributed by atoms with van der Waals surface area (Å²) in [6.07, 6.45) is -4.84. The fourth-order valence-electron chi connectivity index (χ4n) is 1.56. The summed E-state index contributed by atoms with van der Waals surface area (Å²) in [6.45, 7) is 1.27. The molecule has 98 valence electrons. The highest BCUT2D eigenvalue weighted by Crippen LogP contribution is 2.27. The minimum Gasteiger partial charge on any atom is -0.479 e. The molecular formula is C12H12F2O4. The fraction of sp³-hybridized carbons (Fsp3) is 0.333. The van der Waals surface area contributed by atoms with Crippen molar-refractivity contribution in [3.05, 3.63) is 34.9 Å². The van der Waals surface area contributed by atoms with Gasteiger partial charge in [0, 0.05) is 12.0 Å². The largest absolute Gasteiger partial charge is 0.479 e. The number of hydrogen-bond donors (Lipinski definition) is 2. The van der Waals surface area contributed by atoms with Gasteiger partial charge in [0.15, 0.2) is 6.10 Å². The Balaban J connectivity index is 3.18. The first-order chi connectivity index (χ1) is 8.32. The summed E-state index contributed by atoms with van der Waals surface area (Å²) in [7, 11) is 0. The topological polar surface area (TPSA) is 74.6 Å². The molecule has 6 heteroatoms. The maximum Gasteiger partial charge on any atom is 0.337 e. The van der Waals surface area contributed by atoms with Gasteiger partial charge in [0.05, 0.1) is 0 Å². The highest BCUT2D eigenvalue weighted by molar-refractivity contribution is 5.79. The van der Waals surface area contributed by atoms with Gasteiger partial charge >= 0.3 is 5.97 Å². The van der Waals surface area contributed by atoms with Gasteiger partial charge in [-0.25, -0.2) is 13.6 Å². The first-order valence-corrected chi connectivity index (χ1v) is 5.14. The molecule has 0 radical (unpaired) electrons. The van der Waals surface area contributed by atoms with E-state index >= 15 is 0 Å². The lowest BCUT2D eigenvalue weighted by molar-refractivity contribution is -0.147. The van der Waals surface area contributed by atoms with E-state index in [2.05, 4.69) is 0 Å². The Morgan fingerprint density at radius 3 is 2.39 bits per heavy atom. The molecule has 0 heterocycles. The molecule has 0 saturated heterocycles. The molecule has 0 aliphatic rings. The standard InChI is InChI=1S/C12H12F2O4/c1-6(15)4-7-2-3-8(10(16)12(17)18)5-9(7)11(13)14/h2-3,5,10-11,16H,4H2,1H3,(H,17,18). The zero-order chi connectivity index (χ0) is 13.9. The van der Waals surface area contributed by atoms with Crippen LogP contribution >= 0.6 is 0 Å². The van der Waals surface area contributed by atoms with E-state index < -0.39 is 24.1 Å². The minimum absolute atomic E-state index is 0.134. The van der Waals surface area contributed by atoms with E-state index in [4.69, 9.17) is 5.11 Å². The van der Waals surface area contributed by atoms with Gasteiger partial charge in [0.25, 0.3) is 6.43 Å². The third kappa shape index (κ3) is 3.33. The summed E-state index contributed by atoms with van der Waals surface area (Å²) < 4.78 is 25.6. The van der Waals surface area contributed by atoms with E-state index in [-0.39, 0.29) is 23.3 Å². The van der Waals surface area contributed by atoms with Crippen molar-refractivity contribution in [2.45, 2.75) is 25.9 Å². The fourth-order valence-corrected chi connectivity index (χ4v) is 1.56. The number of alkyl halides is 2. The number of halogens is 2. The van der Waals surface area contributed by atoms with Gasteiger partial charge in [0.2, 0.25) is 0 Å². The third-order valence-corrected chi connectivity index (χ3v) is 2.39. The second-order valence-corrected chi connectivity index (χ2v) is 3.88. The molecule has 0 aliphatic heterocycles. The summed E-state index contributed by atoms with van der Waals surface area (Å²) in [5.41, 5.74) is -0.424. The van der Waals surface area contributed by atoms with Crippen molar-refractivity contribution in [1.82, 2.24) is 0 Å². The van der Waals surface area contributed by atoms with Crippen molar-refractivity contribution >= 4 is 11.8 Å². The van der Waals surface area contributed by atoms with Crippen LogP contribution in [0.1, 0.15) is 36.1 Å². The van der Waals surface area contributed by atoms with Gasteiger partial charge in [-0.1, -0.05) is 12.1 Å². The first-order valence-electron chi connectivity index (χ1n) is 5.14. The molecule has 1 atom stereocenters. The van der Waals surface area contributed by atoms with Crippen LogP contribution in [0.5, 0.6) is 0 Å². The number of hydrogen-bond acceptors (Lipinski definition) is 3. The van der Waals surface area contributed by atoms with Crippen LogP contribution in [-0.4, -0.2) is 22.0 Å². The van der Waals surface area contributed by atoms with Crippen molar-refractivity contribution < 1.29 is 28.6 Å². The van der Waals surface area contributed by atoms with Gasteiger partial charge in [0.1, 0.15) is 5.78 Å². The minimum atomic E-state index is -2.83. The number of Topliss-reactive ketones (excluding diaryl/α,β-unsaturated/α-hetero) is 1. The number of benzene rings is 1. The van der Waals surface area contributed by atoms with Gasteiger partial charge < -0.3 is 10.2 Å². The molecule has 18 heavy (non-hydrogen) atoms. The lowest BCUT2D eigenvalue weighted by atomic mass is 9.98. The number of carbonyl (C=O) groups excluding carboxylic acids is 1. The lowest BCUT2D eigenvalue weighted by Gasteiger charge is -2.12. The predicted octanol–water partition coefficient (Wildman–Crippen LogP) is 1.87. The Morgan fingerprint density at radius 2 is 1.94 bits per heavy atom. The summed E-state index contributed by atoms with van der Waals surface area (Å²) >= 11 is 0. The predicted molar refractivity (Wildman–Crippen MR) is 58.4 cm³/mol. The Morgan fingerprint density at radius 1 is 1.33 bits per heavy atom. The molecule has 0 saturated carbocycles. The monoisotopic (exact) mass is 258 g/mol. The second kappa shape index (κ2) is 5.68. The average Bonchev–Trinajstić information content (AvgIpc) is 2.27. The molecule has 1 aromatic carbocycles. The third-order valence-electron chi connectivity index (χ3n) is 2.39.